The average molecular weight is 349 g/mol. The summed E-state index contributed by atoms with van der Waals surface area (Å²) in [7, 11) is 3.07. The monoisotopic (exact) mass is 349 g/mol. The van der Waals surface area contributed by atoms with Crippen LogP contribution in [0.25, 0.3) is 0 Å². The van der Waals surface area contributed by atoms with E-state index in [-0.39, 0.29) is 22.7 Å². The van der Waals surface area contributed by atoms with E-state index in [1.165, 1.54) is 7.11 Å². The van der Waals surface area contributed by atoms with E-state index >= 15 is 0 Å². The number of hydrogen-bond donors (Lipinski definition) is 3. The molecule has 24 heavy (non-hydrogen) atoms. The number of aromatic nitrogens is 2. The van der Waals surface area contributed by atoms with Gasteiger partial charge < -0.3 is 19.8 Å². The van der Waals surface area contributed by atoms with Crippen molar-refractivity contribution >= 4 is 23.8 Å². The molecule has 0 aliphatic carbocycles. The summed E-state index contributed by atoms with van der Waals surface area (Å²) in [5.41, 5.74) is 1.45. The van der Waals surface area contributed by atoms with Gasteiger partial charge in [-0.1, -0.05) is 0 Å². The lowest BCUT2D eigenvalue weighted by molar-refractivity contribution is -0.116. The molecule has 0 aliphatic rings. The molecule has 0 radical (unpaired) electrons. The molecule has 0 bridgehead atoms. The Balaban J connectivity index is 2.07. The molecule has 0 aliphatic heterocycles. The third-order valence-corrected chi connectivity index (χ3v) is 3.74. The van der Waals surface area contributed by atoms with Gasteiger partial charge in [0, 0.05) is 23.7 Å². The van der Waals surface area contributed by atoms with Crippen LogP contribution in [0.1, 0.15) is 17.7 Å². The van der Waals surface area contributed by atoms with Crippen molar-refractivity contribution in [3.63, 3.8) is 0 Å². The van der Waals surface area contributed by atoms with Crippen molar-refractivity contribution in [2.24, 2.45) is 0 Å². The van der Waals surface area contributed by atoms with Gasteiger partial charge in [-0.2, -0.15) is 0 Å². The second-order valence-electron chi connectivity index (χ2n) is 5.13. The quantitative estimate of drug-likeness (QED) is 0.696. The molecule has 0 spiro atoms. The molecule has 0 fully saturated rings. The molecule has 7 nitrogen and oxygen atoms in total. The van der Waals surface area contributed by atoms with E-state index in [4.69, 9.17) is 21.7 Å². The summed E-state index contributed by atoms with van der Waals surface area (Å²) in [5, 5.41) is 2.77. The lowest BCUT2D eigenvalue weighted by atomic mass is 10.1. The van der Waals surface area contributed by atoms with Crippen molar-refractivity contribution in [2.45, 2.75) is 19.8 Å². The van der Waals surface area contributed by atoms with Crippen LogP contribution >= 0.6 is 12.2 Å². The highest BCUT2D eigenvalue weighted by molar-refractivity contribution is 7.71. The number of anilines is 1. The Bertz CT molecular complexity index is 857. The molecule has 1 aromatic heterocycles. The predicted molar refractivity (Wildman–Crippen MR) is 93.5 cm³/mol. The summed E-state index contributed by atoms with van der Waals surface area (Å²) < 4.78 is 10.6. The standard InChI is InChI=1S/C16H19N3O4S/c1-9-11(15(21)19-16(24)17-9)5-7-14(20)18-12-6-4-10(22-2)8-13(12)23-3/h4,6,8H,5,7H2,1-3H3,(H,18,20)(H2,17,19,21,24). The van der Waals surface area contributed by atoms with E-state index in [1.807, 2.05) is 0 Å². The third kappa shape index (κ3) is 4.23. The molecule has 0 unspecified atom stereocenters. The number of rotatable bonds is 6. The second kappa shape index (κ2) is 7.78. The molecule has 1 aromatic carbocycles. The molecule has 2 rings (SSSR count). The van der Waals surface area contributed by atoms with E-state index in [0.717, 1.165) is 0 Å². The molecule has 128 valence electrons. The fraction of sp³-hybridized carbons (Fsp3) is 0.312. The molecule has 1 heterocycles. The normalized spacial score (nSPS) is 10.3. The maximum Gasteiger partial charge on any atom is 0.255 e. The van der Waals surface area contributed by atoms with Gasteiger partial charge in [-0.3, -0.25) is 14.6 Å². The number of amides is 1. The maximum atomic E-state index is 12.2. The molecule has 0 saturated carbocycles. The number of H-pyrrole nitrogens is 2. The fourth-order valence-electron chi connectivity index (χ4n) is 2.28. The number of aryl methyl sites for hydroxylation is 1. The van der Waals surface area contributed by atoms with E-state index in [1.54, 1.807) is 32.2 Å². The first-order chi connectivity index (χ1) is 11.4. The van der Waals surface area contributed by atoms with Gasteiger partial charge in [-0.05, 0) is 37.7 Å². The van der Waals surface area contributed by atoms with Gasteiger partial charge in [0.15, 0.2) is 4.77 Å². The van der Waals surface area contributed by atoms with Crippen molar-refractivity contribution in [3.8, 4) is 11.5 Å². The summed E-state index contributed by atoms with van der Waals surface area (Å²) in [6.07, 6.45) is 0.460. The Hall–Kier alpha value is -2.61. The molecule has 0 atom stereocenters. The van der Waals surface area contributed by atoms with Crippen molar-refractivity contribution in [1.82, 2.24) is 9.97 Å². The zero-order chi connectivity index (χ0) is 17.7. The van der Waals surface area contributed by atoms with Gasteiger partial charge in [0.2, 0.25) is 5.91 Å². The van der Waals surface area contributed by atoms with E-state index in [2.05, 4.69) is 15.3 Å². The van der Waals surface area contributed by atoms with Crippen LogP contribution in [-0.2, 0) is 11.2 Å². The Morgan fingerprint density at radius 1 is 1.25 bits per heavy atom. The lowest BCUT2D eigenvalue weighted by Crippen LogP contribution is -2.19. The first-order valence-corrected chi connectivity index (χ1v) is 7.69. The van der Waals surface area contributed by atoms with Crippen LogP contribution in [-0.4, -0.2) is 30.1 Å². The van der Waals surface area contributed by atoms with Gasteiger partial charge in [0.1, 0.15) is 11.5 Å². The van der Waals surface area contributed by atoms with Crippen LogP contribution in [0.5, 0.6) is 11.5 Å². The SMILES string of the molecule is COc1ccc(NC(=O)CCc2c(C)[nH]c(=S)[nH]c2=O)c(OC)c1. The molecule has 2 aromatic rings. The van der Waals surface area contributed by atoms with E-state index in [9.17, 15) is 9.59 Å². The molecular formula is C16H19N3O4S. The van der Waals surface area contributed by atoms with Crippen molar-refractivity contribution in [2.75, 3.05) is 19.5 Å². The fourth-order valence-corrected chi connectivity index (χ4v) is 2.53. The van der Waals surface area contributed by atoms with Gasteiger partial charge in [-0.25, -0.2) is 0 Å². The van der Waals surface area contributed by atoms with Crippen molar-refractivity contribution in [3.05, 3.63) is 44.6 Å². The summed E-state index contributed by atoms with van der Waals surface area (Å²) in [6.45, 7) is 1.75. The van der Waals surface area contributed by atoms with E-state index in [0.29, 0.717) is 34.9 Å². The first kappa shape index (κ1) is 17.7. The molecular weight excluding hydrogens is 330 g/mol. The molecule has 3 N–H and O–H groups in total. The van der Waals surface area contributed by atoms with Crippen LogP contribution in [0.15, 0.2) is 23.0 Å². The Labute approximate surface area is 144 Å². The maximum absolute atomic E-state index is 12.2. The third-order valence-electron chi connectivity index (χ3n) is 3.54. The lowest BCUT2D eigenvalue weighted by Gasteiger charge is -2.11. The minimum Gasteiger partial charge on any atom is -0.497 e. The van der Waals surface area contributed by atoms with Crippen molar-refractivity contribution in [1.29, 1.82) is 0 Å². The van der Waals surface area contributed by atoms with Crippen LogP contribution in [0, 0.1) is 11.7 Å². The van der Waals surface area contributed by atoms with Crippen LogP contribution in [0.4, 0.5) is 5.69 Å². The Morgan fingerprint density at radius 3 is 2.62 bits per heavy atom. The zero-order valence-electron chi connectivity index (χ0n) is 13.7. The number of aromatic amines is 2. The predicted octanol–water partition coefficient (Wildman–Crippen LogP) is 2.33. The number of methoxy groups -OCH3 is 2. The minimum atomic E-state index is -0.272. The molecule has 0 saturated heterocycles. The number of nitrogens with one attached hydrogen (secondary N) is 3. The van der Waals surface area contributed by atoms with Crippen molar-refractivity contribution < 1.29 is 14.3 Å². The van der Waals surface area contributed by atoms with Crippen LogP contribution < -0.4 is 20.3 Å². The van der Waals surface area contributed by atoms with E-state index < -0.39 is 0 Å². The highest BCUT2D eigenvalue weighted by Gasteiger charge is 2.11. The summed E-state index contributed by atoms with van der Waals surface area (Å²) >= 11 is 4.90. The number of benzene rings is 1. The second-order valence-corrected chi connectivity index (χ2v) is 5.53. The smallest absolute Gasteiger partial charge is 0.255 e. The number of carbonyl (C=O) groups excluding carboxylic acids is 1. The zero-order valence-corrected chi connectivity index (χ0v) is 14.5. The Morgan fingerprint density at radius 2 is 2.00 bits per heavy atom. The summed E-state index contributed by atoms with van der Waals surface area (Å²) in [6, 6.07) is 5.11. The number of hydrogen-bond acceptors (Lipinski definition) is 5. The van der Waals surface area contributed by atoms with Gasteiger partial charge in [0.05, 0.1) is 19.9 Å². The Kier molecular flexibility index (Phi) is 5.75. The van der Waals surface area contributed by atoms with Gasteiger partial charge in [0.25, 0.3) is 5.56 Å². The topological polar surface area (TPSA) is 96.2 Å². The van der Waals surface area contributed by atoms with Crippen LogP contribution in [0.2, 0.25) is 0 Å². The summed E-state index contributed by atoms with van der Waals surface area (Å²) in [4.78, 5) is 29.5. The first-order valence-electron chi connectivity index (χ1n) is 7.28. The average Bonchev–Trinajstić information content (AvgIpc) is 2.54. The highest BCUT2D eigenvalue weighted by atomic mass is 32.1. The van der Waals surface area contributed by atoms with Crippen LogP contribution in [0.3, 0.4) is 0 Å². The largest absolute Gasteiger partial charge is 0.497 e. The summed E-state index contributed by atoms with van der Waals surface area (Å²) in [5.74, 6) is 0.909. The minimum absolute atomic E-state index is 0.156. The molecule has 8 heteroatoms. The van der Waals surface area contributed by atoms with Gasteiger partial charge >= 0.3 is 0 Å². The number of carbonyl (C=O) groups is 1. The number of ether oxygens (including phenoxy) is 2. The molecule has 1 amide bonds. The highest BCUT2D eigenvalue weighted by Crippen LogP contribution is 2.29. The van der Waals surface area contributed by atoms with Gasteiger partial charge in [-0.15, -0.1) is 0 Å².